The van der Waals surface area contributed by atoms with Gasteiger partial charge in [-0.05, 0) is 36.8 Å². The number of carbonyl (C=O) groups is 1. The van der Waals surface area contributed by atoms with Gasteiger partial charge in [0.2, 0.25) is 5.91 Å². The molecule has 0 bridgehead atoms. The minimum Gasteiger partial charge on any atom is -0.493 e. The molecule has 136 valence electrons. The lowest BCUT2D eigenvalue weighted by molar-refractivity contribution is -0.384. The highest BCUT2D eigenvalue weighted by atomic mass is 19.1. The predicted molar refractivity (Wildman–Crippen MR) is 94.9 cm³/mol. The number of amides is 1. The molecule has 2 aromatic rings. The molecule has 0 aliphatic heterocycles. The minimum atomic E-state index is -0.764. The van der Waals surface area contributed by atoms with Gasteiger partial charge in [0.1, 0.15) is 5.82 Å². The minimum absolute atomic E-state index is 0.266. The number of nitro groups is 1. The molecule has 2 rings (SSSR count). The fourth-order valence-electron chi connectivity index (χ4n) is 2.13. The Labute approximate surface area is 149 Å². The van der Waals surface area contributed by atoms with Crippen molar-refractivity contribution >= 4 is 23.4 Å². The van der Waals surface area contributed by atoms with E-state index in [0.29, 0.717) is 23.7 Å². The number of carbonyl (C=O) groups excluding carboxylic acids is 1. The molecule has 0 atom stereocenters. The topological polar surface area (TPSA) is 90.7 Å². The van der Waals surface area contributed by atoms with Gasteiger partial charge in [0, 0.05) is 18.2 Å². The molecule has 0 unspecified atom stereocenters. The summed E-state index contributed by atoms with van der Waals surface area (Å²) in [5, 5.41) is 13.0. The third-order valence-electron chi connectivity index (χ3n) is 3.33. The summed E-state index contributed by atoms with van der Waals surface area (Å²) in [5.41, 5.74) is 0.0834. The second kappa shape index (κ2) is 8.61. The van der Waals surface area contributed by atoms with Gasteiger partial charge in [0.25, 0.3) is 5.69 Å². The van der Waals surface area contributed by atoms with Crippen molar-refractivity contribution in [3.8, 4) is 11.5 Å². The number of halogens is 1. The van der Waals surface area contributed by atoms with Crippen molar-refractivity contribution in [1.29, 1.82) is 0 Å². The van der Waals surface area contributed by atoms with Gasteiger partial charge >= 0.3 is 0 Å². The van der Waals surface area contributed by atoms with Crippen LogP contribution in [0.25, 0.3) is 6.08 Å². The van der Waals surface area contributed by atoms with Crippen LogP contribution in [0.5, 0.6) is 11.5 Å². The average Bonchev–Trinajstić information content (AvgIpc) is 2.62. The first-order valence-electron chi connectivity index (χ1n) is 7.68. The van der Waals surface area contributed by atoms with Crippen molar-refractivity contribution in [3.63, 3.8) is 0 Å². The number of methoxy groups -OCH3 is 1. The van der Waals surface area contributed by atoms with Gasteiger partial charge in [0.15, 0.2) is 11.5 Å². The zero-order valence-corrected chi connectivity index (χ0v) is 14.2. The van der Waals surface area contributed by atoms with Crippen LogP contribution in [-0.2, 0) is 4.79 Å². The molecule has 1 amide bonds. The van der Waals surface area contributed by atoms with Crippen molar-refractivity contribution in [3.05, 3.63) is 64.0 Å². The lowest BCUT2D eigenvalue weighted by Gasteiger charge is -2.09. The first-order chi connectivity index (χ1) is 12.4. The normalized spacial score (nSPS) is 10.6. The molecule has 0 aromatic heterocycles. The molecule has 0 saturated carbocycles. The Bertz CT molecular complexity index is 851. The van der Waals surface area contributed by atoms with Crippen LogP contribution in [0.15, 0.2) is 42.5 Å². The number of benzene rings is 2. The predicted octanol–water partition coefficient (Wildman–Crippen LogP) is 3.79. The van der Waals surface area contributed by atoms with Crippen LogP contribution in [-0.4, -0.2) is 24.5 Å². The molecule has 0 radical (unpaired) electrons. The van der Waals surface area contributed by atoms with Gasteiger partial charge in [-0.3, -0.25) is 14.9 Å². The molecule has 2 aromatic carbocycles. The molecular formula is C18H17FN2O5. The fraction of sp³-hybridized carbons (Fsp3) is 0.167. The van der Waals surface area contributed by atoms with Crippen LogP contribution in [0.3, 0.4) is 0 Å². The molecule has 0 fully saturated rings. The number of nitro benzene ring substituents is 1. The Morgan fingerprint density at radius 2 is 2.04 bits per heavy atom. The quantitative estimate of drug-likeness (QED) is 0.461. The molecule has 0 aliphatic rings. The smallest absolute Gasteiger partial charge is 0.271 e. The van der Waals surface area contributed by atoms with Crippen LogP contribution in [0.2, 0.25) is 0 Å². The molecule has 26 heavy (non-hydrogen) atoms. The van der Waals surface area contributed by atoms with E-state index < -0.39 is 16.6 Å². The second-order valence-electron chi connectivity index (χ2n) is 5.09. The van der Waals surface area contributed by atoms with Crippen molar-refractivity contribution in [2.24, 2.45) is 0 Å². The standard InChI is InChI=1S/C18H17FN2O5/c1-3-26-16-8-4-12(10-17(16)25-2)5-9-18(22)20-15-11-13(21(23)24)6-7-14(15)19/h4-11H,3H2,1-2H3,(H,20,22). The molecule has 8 heteroatoms. The lowest BCUT2D eigenvalue weighted by Crippen LogP contribution is -2.09. The number of nitrogens with zero attached hydrogens (tertiary/aromatic N) is 1. The van der Waals surface area contributed by atoms with E-state index in [9.17, 15) is 19.3 Å². The first-order valence-corrected chi connectivity index (χ1v) is 7.68. The average molecular weight is 360 g/mol. The van der Waals surface area contributed by atoms with Crippen molar-refractivity contribution in [1.82, 2.24) is 0 Å². The van der Waals surface area contributed by atoms with Crippen molar-refractivity contribution < 1.29 is 23.6 Å². The SMILES string of the molecule is CCOc1ccc(C=CC(=O)Nc2cc([N+](=O)[O-])ccc2F)cc1OC. The zero-order valence-electron chi connectivity index (χ0n) is 14.2. The Balaban J connectivity index is 2.12. The number of hydrogen-bond acceptors (Lipinski definition) is 5. The van der Waals surface area contributed by atoms with Crippen molar-refractivity contribution in [2.75, 3.05) is 19.0 Å². The van der Waals surface area contributed by atoms with E-state index in [1.807, 2.05) is 6.92 Å². The van der Waals surface area contributed by atoms with Crippen LogP contribution in [0, 0.1) is 15.9 Å². The summed E-state index contributed by atoms with van der Waals surface area (Å²) in [6, 6.07) is 8.02. The van der Waals surface area contributed by atoms with Gasteiger partial charge < -0.3 is 14.8 Å². The lowest BCUT2D eigenvalue weighted by atomic mass is 10.2. The second-order valence-corrected chi connectivity index (χ2v) is 5.09. The van der Waals surface area contributed by atoms with E-state index >= 15 is 0 Å². The molecule has 0 aliphatic carbocycles. The molecule has 0 saturated heterocycles. The number of rotatable bonds is 7. The largest absolute Gasteiger partial charge is 0.493 e. The number of non-ortho nitro benzene ring substituents is 1. The molecule has 1 N–H and O–H groups in total. The van der Waals surface area contributed by atoms with Crippen molar-refractivity contribution in [2.45, 2.75) is 6.92 Å². The zero-order chi connectivity index (χ0) is 19.1. The number of nitrogens with one attached hydrogen (secondary N) is 1. The molecule has 7 nitrogen and oxygen atoms in total. The molecule has 0 heterocycles. The van der Waals surface area contributed by atoms with Crippen LogP contribution < -0.4 is 14.8 Å². The number of ether oxygens (including phenoxy) is 2. The van der Waals surface area contributed by atoms with E-state index in [1.54, 1.807) is 18.2 Å². The fourth-order valence-corrected chi connectivity index (χ4v) is 2.13. The van der Waals surface area contributed by atoms with E-state index in [-0.39, 0.29) is 11.4 Å². The Kier molecular flexibility index (Phi) is 6.26. The summed E-state index contributed by atoms with van der Waals surface area (Å²) in [5.74, 6) is -0.299. The van der Waals surface area contributed by atoms with E-state index in [0.717, 1.165) is 18.2 Å². The van der Waals surface area contributed by atoms with Crippen LogP contribution >= 0.6 is 0 Å². The maximum absolute atomic E-state index is 13.7. The Morgan fingerprint density at radius 1 is 1.27 bits per heavy atom. The third-order valence-corrected chi connectivity index (χ3v) is 3.33. The highest BCUT2D eigenvalue weighted by Crippen LogP contribution is 2.28. The maximum Gasteiger partial charge on any atom is 0.271 e. The van der Waals surface area contributed by atoms with E-state index in [4.69, 9.17) is 9.47 Å². The first kappa shape index (κ1) is 18.9. The summed E-state index contributed by atoms with van der Waals surface area (Å²) in [7, 11) is 1.50. The summed E-state index contributed by atoms with van der Waals surface area (Å²) in [6.07, 6.45) is 2.69. The molecule has 0 spiro atoms. The summed E-state index contributed by atoms with van der Waals surface area (Å²) >= 11 is 0. The van der Waals surface area contributed by atoms with Gasteiger partial charge in [-0.1, -0.05) is 6.07 Å². The van der Waals surface area contributed by atoms with Gasteiger partial charge in [-0.25, -0.2) is 4.39 Å². The monoisotopic (exact) mass is 360 g/mol. The van der Waals surface area contributed by atoms with Gasteiger partial charge in [0.05, 0.1) is 24.3 Å². The van der Waals surface area contributed by atoms with Gasteiger partial charge in [-0.15, -0.1) is 0 Å². The summed E-state index contributed by atoms with van der Waals surface area (Å²) < 4.78 is 24.3. The number of hydrogen-bond donors (Lipinski definition) is 1. The Morgan fingerprint density at radius 3 is 2.69 bits per heavy atom. The van der Waals surface area contributed by atoms with Crippen LogP contribution in [0.1, 0.15) is 12.5 Å². The third kappa shape index (κ3) is 4.79. The summed E-state index contributed by atoms with van der Waals surface area (Å²) in [6.45, 7) is 2.34. The highest BCUT2D eigenvalue weighted by molar-refractivity contribution is 6.02. The van der Waals surface area contributed by atoms with Gasteiger partial charge in [-0.2, -0.15) is 0 Å². The molecular weight excluding hydrogens is 343 g/mol. The Hall–Kier alpha value is -3.42. The van der Waals surface area contributed by atoms with E-state index in [1.165, 1.54) is 19.3 Å². The number of anilines is 1. The summed E-state index contributed by atoms with van der Waals surface area (Å²) in [4.78, 5) is 22.0. The van der Waals surface area contributed by atoms with E-state index in [2.05, 4.69) is 5.32 Å². The van der Waals surface area contributed by atoms with Crippen LogP contribution in [0.4, 0.5) is 15.8 Å². The maximum atomic E-state index is 13.7. The highest BCUT2D eigenvalue weighted by Gasteiger charge is 2.12.